The first kappa shape index (κ1) is 19.1. The van der Waals surface area contributed by atoms with Crippen molar-refractivity contribution < 1.29 is 14.3 Å². The normalized spacial score (nSPS) is 16.3. The Hall–Kier alpha value is -2.90. The Balaban J connectivity index is 1.62. The molecule has 148 valence electrons. The van der Waals surface area contributed by atoms with Gasteiger partial charge in [-0.1, -0.05) is 62.2 Å². The first-order chi connectivity index (χ1) is 14.6. The van der Waals surface area contributed by atoms with E-state index in [1.165, 1.54) is 0 Å². The van der Waals surface area contributed by atoms with Gasteiger partial charge in [0.2, 0.25) is 6.79 Å². The highest BCUT2D eigenvalue weighted by molar-refractivity contribution is 9.10. The van der Waals surface area contributed by atoms with Crippen LogP contribution >= 0.6 is 31.9 Å². The van der Waals surface area contributed by atoms with Crippen LogP contribution in [0.4, 0.5) is 5.69 Å². The number of aliphatic imine (C=N–C) groups is 1. The van der Waals surface area contributed by atoms with E-state index in [-0.39, 0.29) is 12.7 Å². The van der Waals surface area contributed by atoms with E-state index in [1.54, 1.807) is 11.0 Å². The number of hydrogen-bond donors (Lipinski definition) is 0. The lowest BCUT2D eigenvalue weighted by Crippen LogP contribution is -2.32. The zero-order valence-corrected chi connectivity index (χ0v) is 18.7. The van der Waals surface area contributed by atoms with E-state index in [0.717, 1.165) is 25.8 Å². The Morgan fingerprint density at radius 1 is 0.933 bits per heavy atom. The fourth-order valence-corrected chi connectivity index (χ4v) is 4.20. The molecular weight excluding hydrogens is 512 g/mol. The van der Waals surface area contributed by atoms with E-state index in [1.807, 2.05) is 66.7 Å². The fraction of sp³-hybridized carbons (Fsp3) is 0.0435. The van der Waals surface area contributed by atoms with Crippen LogP contribution in [0.15, 0.2) is 86.4 Å². The second-order valence-corrected chi connectivity index (χ2v) is 8.45. The standard InChI is InChI=1S/C23H14Br2N2O3/c24-15-4-3-5-16(12-15)27-22(17-6-1-2-7-18(17)25)26-19(23(27)28)10-14-8-9-20-21(11-14)30-13-29-20/h1-12H,13H2/b19-10+. The van der Waals surface area contributed by atoms with Crippen LogP contribution in [-0.4, -0.2) is 18.5 Å². The molecule has 7 heteroatoms. The molecule has 0 aliphatic carbocycles. The smallest absolute Gasteiger partial charge is 0.282 e. The highest BCUT2D eigenvalue weighted by Gasteiger charge is 2.33. The van der Waals surface area contributed by atoms with Crippen LogP contribution in [0.5, 0.6) is 11.5 Å². The molecule has 2 aliphatic heterocycles. The van der Waals surface area contributed by atoms with Crippen LogP contribution in [0.25, 0.3) is 6.08 Å². The minimum absolute atomic E-state index is 0.198. The number of nitrogens with zero attached hydrogens (tertiary/aromatic N) is 2. The number of fused-ring (bicyclic) bond motifs is 1. The lowest BCUT2D eigenvalue weighted by atomic mass is 10.1. The lowest BCUT2D eigenvalue weighted by Gasteiger charge is -2.19. The molecule has 30 heavy (non-hydrogen) atoms. The molecule has 0 saturated carbocycles. The molecule has 0 N–H and O–H groups in total. The van der Waals surface area contributed by atoms with Crippen LogP contribution in [0.3, 0.4) is 0 Å². The van der Waals surface area contributed by atoms with Gasteiger partial charge in [0.25, 0.3) is 5.91 Å². The Morgan fingerprint density at radius 2 is 1.77 bits per heavy atom. The molecule has 2 heterocycles. The minimum atomic E-state index is -0.198. The number of ether oxygens (including phenoxy) is 2. The summed E-state index contributed by atoms with van der Waals surface area (Å²) in [5.41, 5.74) is 2.73. The van der Waals surface area contributed by atoms with Crippen molar-refractivity contribution in [2.75, 3.05) is 11.7 Å². The van der Waals surface area contributed by atoms with Crippen molar-refractivity contribution >= 4 is 55.4 Å². The van der Waals surface area contributed by atoms with E-state index in [9.17, 15) is 4.79 Å². The molecule has 0 spiro atoms. The zero-order valence-electron chi connectivity index (χ0n) is 15.5. The summed E-state index contributed by atoms with van der Waals surface area (Å²) in [6.45, 7) is 0.204. The van der Waals surface area contributed by atoms with Gasteiger partial charge in [0.15, 0.2) is 11.5 Å². The Labute approximate surface area is 189 Å². The quantitative estimate of drug-likeness (QED) is 0.407. The van der Waals surface area contributed by atoms with Gasteiger partial charge < -0.3 is 9.47 Å². The fourth-order valence-electron chi connectivity index (χ4n) is 3.36. The van der Waals surface area contributed by atoms with Crippen LogP contribution in [-0.2, 0) is 4.79 Å². The van der Waals surface area contributed by atoms with E-state index in [0.29, 0.717) is 23.0 Å². The van der Waals surface area contributed by atoms with Crippen molar-refractivity contribution in [3.63, 3.8) is 0 Å². The average Bonchev–Trinajstić information content (AvgIpc) is 3.33. The number of rotatable bonds is 3. The number of carbonyl (C=O) groups is 1. The Kier molecular flexibility index (Phi) is 4.92. The van der Waals surface area contributed by atoms with E-state index in [2.05, 4.69) is 31.9 Å². The number of benzene rings is 3. The highest BCUT2D eigenvalue weighted by atomic mass is 79.9. The van der Waals surface area contributed by atoms with Crippen LogP contribution in [0.1, 0.15) is 11.1 Å². The molecule has 0 saturated heterocycles. The Bertz CT molecular complexity index is 1240. The average molecular weight is 526 g/mol. The second kappa shape index (κ2) is 7.74. The van der Waals surface area contributed by atoms with Gasteiger partial charge in [0, 0.05) is 14.5 Å². The third kappa shape index (κ3) is 3.44. The summed E-state index contributed by atoms with van der Waals surface area (Å²) in [5, 5.41) is 0. The van der Waals surface area contributed by atoms with Gasteiger partial charge >= 0.3 is 0 Å². The van der Waals surface area contributed by atoms with Gasteiger partial charge in [-0.15, -0.1) is 0 Å². The molecule has 0 atom stereocenters. The van der Waals surface area contributed by atoms with Crippen molar-refractivity contribution in [2.24, 2.45) is 4.99 Å². The number of halogens is 2. The summed E-state index contributed by atoms with van der Waals surface area (Å²) in [7, 11) is 0. The summed E-state index contributed by atoms with van der Waals surface area (Å²) in [4.78, 5) is 19.7. The summed E-state index contributed by atoms with van der Waals surface area (Å²) in [6, 6.07) is 20.9. The molecule has 2 aliphatic rings. The Morgan fingerprint density at radius 3 is 2.60 bits per heavy atom. The maximum Gasteiger partial charge on any atom is 0.282 e. The van der Waals surface area contributed by atoms with Crippen LogP contribution in [0, 0.1) is 0 Å². The highest BCUT2D eigenvalue weighted by Crippen LogP contribution is 2.35. The molecule has 1 amide bonds. The third-order valence-corrected chi connectivity index (χ3v) is 5.93. The number of amides is 1. The molecule has 3 aromatic rings. The summed E-state index contributed by atoms with van der Waals surface area (Å²) < 4.78 is 12.6. The van der Waals surface area contributed by atoms with Crippen molar-refractivity contribution in [1.29, 1.82) is 0 Å². The first-order valence-electron chi connectivity index (χ1n) is 9.15. The van der Waals surface area contributed by atoms with E-state index in [4.69, 9.17) is 14.5 Å². The van der Waals surface area contributed by atoms with Crippen LogP contribution < -0.4 is 14.4 Å². The van der Waals surface area contributed by atoms with Gasteiger partial charge in [-0.25, -0.2) is 4.99 Å². The number of anilines is 1. The lowest BCUT2D eigenvalue weighted by molar-refractivity contribution is -0.113. The maximum atomic E-state index is 13.4. The molecule has 0 bridgehead atoms. The SMILES string of the molecule is O=C1/C(=C\c2ccc3c(c2)OCO3)N=C(c2ccccc2Br)N1c1cccc(Br)c1. The first-order valence-corrected chi connectivity index (χ1v) is 10.7. The molecule has 0 aromatic heterocycles. The summed E-state index contributed by atoms with van der Waals surface area (Å²) >= 11 is 7.07. The minimum Gasteiger partial charge on any atom is -0.454 e. The van der Waals surface area contributed by atoms with Gasteiger partial charge in [-0.05, 0) is 48.0 Å². The number of carbonyl (C=O) groups excluding carboxylic acids is 1. The van der Waals surface area contributed by atoms with E-state index < -0.39 is 0 Å². The summed E-state index contributed by atoms with van der Waals surface area (Å²) in [6.07, 6.45) is 1.76. The molecule has 0 unspecified atom stereocenters. The third-order valence-electron chi connectivity index (χ3n) is 4.74. The molecule has 5 nitrogen and oxygen atoms in total. The van der Waals surface area contributed by atoms with Crippen molar-refractivity contribution in [2.45, 2.75) is 0 Å². The van der Waals surface area contributed by atoms with Gasteiger partial charge in [-0.2, -0.15) is 0 Å². The van der Waals surface area contributed by atoms with Gasteiger partial charge in [0.1, 0.15) is 11.5 Å². The molecule has 3 aromatic carbocycles. The van der Waals surface area contributed by atoms with Gasteiger partial charge in [-0.3, -0.25) is 9.69 Å². The topological polar surface area (TPSA) is 51.1 Å². The predicted octanol–water partition coefficient (Wildman–Crippen LogP) is 5.77. The maximum absolute atomic E-state index is 13.4. The second-order valence-electron chi connectivity index (χ2n) is 6.68. The molecule has 0 radical (unpaired) electrons. The molecular formula is C23H14Br2N2O3. The van der Waals surface area contributed by atoms with Crippen LogP contribution in [0.2, 0.25) is 0 Å². The van der Waals surface area contributed by atoms with Gasteiger partial charge in [0.05, 0.1) is 5.69 Å². The van der Waals surface area contributed by atoms with Crippen molar-refractivity contribution in [3.8, 4) is 11.5 Å². The predicted molar refractivity (Wildman–Crippen MR) is 123 cm³/mol. The van der Waals surface area contributed by atoms with E-state index >= 15 is 0 Å². The van der Waals surface area contributed by atoms with Crippen molar-refractivity contribution in [3.05, 3.63) is 92.5 Å². The molecule has 5 rings (SSSR count). The van der Waals surface area contributed by atoms with Crippen molar-refractivity contribution in [1.82, 2.24) is 0 Å². The summed E-state index contributed by atoms with van der Waals surface area (Å²) in [5.74, 6) is 1.73. The monoisotopic (exact) mass is 524 g/mol. The zero-order chi connectivity index (χ0) is 20.7. The number of hydrogen-bond acceptors (Lipinski definition) is 4. The number of amidine groups is 1. The molecule has 0 fully saturated rings. The largest absolute Gasteiger partial charge is 0.454 e.